The second-order valence-corrected chi connectivity index (χ2v) is 7.44. The summed E-state index contributed by atoms with van der Waals surface area (Å²) in [5, 5.41) is 4.90. The zero-order chi connectivity index (χ0) is 17.3. The standard InChI is InChI=1S/C20H20ClN3S/c21-15-9-11-17(12-10-15)24-19(25)23-18(20(24)13-5-2-6-14-20)22-16-7-3-1-4-8-16/h1,3-4,7-12H,2,5-6,13-14H2,(H,22,23,25). The van der Waals surface area contributed by atoms with Gasteiger partial charge in [0.15, 0.2) is 0 Å². The van der Waals surface area contributed by atoms with E-state index in [4.69, 9.17) is 28.8 Å². The molecule has 1 heterocycles. The van der Waals surface area contributed by atoms with Gasteiger partial charge in [0.2, 0.25) is 5.11 Å². The van der Waals surface area contributed by atoms with Gasteiger partial charge in [-0.1, -0.05) is 49.1 Å². The molecule has 0 radical (unpaired) electrons. The summed E-state index contributed by atoms with van der Waals surface area (Å²) in [5.41, 5.74) is 1.93. The molecule has 2 aliphatic rings. The van der Waals surface area contributed by atoms with Gasteiger partial charge in [0, 0.05) is 16.4 Å². The van der Waals surface area contributed by atoms with Crippen LogP contribution >= 0.6 is 23.8 Å². The fourth-order valence-electron chi connectivity index (χ4n) is 3.89. The van der Waals surface area contributed by atoms with Crippen LogP contribution in [0.1, 0.15) is 32.1 Å². The molecule has 1 N–H and O–H groups in total. The second kappa shape index (κ2) is 6.77. The third-order valence-electron chi connectivity index (χ3n) is 5.07. The summed E-state index contributed by atoms with van der Waals surface area (Å²) in [5.74, 6) is 0.971. The van der Waals surface area contributed by atoms with Crippen LogP contribution in [0.5, 0.6) is 0 Å². The first-order valence-corrected chi connectivity index (χ1v) is 9.49. The van der Waals surface area contributed by atoms with E-state index in [0.717, 1.165) is 35.1 Å². The number of hydrogen-bond donors (Lipinski definition) is 1. The van der Waals surface area contributed by atoms with Crippen molar-refractivity contribution in [2.75, 3.05) is 10.2 Å². The molecule has 1 saturated carbocycles. The summed E-state index contributed by atoms with van der Waals surface area (Å²) in [7, 11) is 0. The fourth-order valence-corrected chi connectivity index (χ4v) is 4.38. The average Bonchev–Trinajstić information content (AvgIpc) is 2.89. The van der Waals surface area contributed by atoms with Crippen molar-refractivity contribution in [1.82, 2.24) is 0 Å². The van der Waals surface area contributed by atoms with E-state index in [1.807, 2.05) is 42.5 Å². The van der Waals surface area contributed by atoms with E-state index in [9.17, 15) is 0 Å². The van der Waals surface area contributed by atoms with Crippen molar-refractivity contribution in [2.24, 2.45) is 4.99 Å². The summed E-state index contributed by atoms with van der Waals surface area (Å²) >= 11 is 11.7. The number of nitrogens with zero attached hydrogens (tertiary/aromatic N) is 2. The van der Waals surface area contributed by atoms with Crippen molar-refractivity contribution in [3.8, 4) is 0 Å². The lowest BCUT2D eigenvalue weighted by atomic mass is 9.79. The van der Waals surface area contributed by atoms with Gasteiger partial charge in [0.1, 0.15) is 11.4 Å². The Morgan fingerprint density at radius 3 is 2.32 bits per heavy atom. The Labute approximate surface area is 158 Å². The molecule has 5 heteroatoms. The maximum atomic E-state index is 6.08. The van der Waals surface area contributed by atoms with Gasteiger partial charge in [-0.15, -0.1) is 0 Å². The smallest absolute Gasteiger partial charge is 0.202 e. The van der Waals surface area contributed by atoms with Gasteiger partial charge in [0.05, 0.1) is 0 Å². The zero-order valence-corrected chi connectivity index (χ0v) is 15.5. The molecular weight excluding hydrogens is 350 g/mol. The molecule has 1 aliphatic heterocycles. The summed E-state index contributed by atoms with van der Waals surface area (Å²) in [4.78, 5) is 7.00. The van der Waals surface area contributed by atoms with Crippen molar-refractivity contribution < 1.29 is 0 Å². The molecule has 1 fully saturated rings. The molecule has 2 aromatic rings. The van der Waals surface area contributed by atoms with E-state index in [2.05, 4.69) is 22.3 Å². The number of para-hydroxylation sites is 1. The zero-order valence-electron chi connectivity index (χ0n) is 13.9. The molecule has 1 aliphatic carbocycles. The lowest BCUT2D eigenvalue weighted by Crippen LogP contribution is -2.55. The van der Waals surface area contributed by atoms with Crippen LogP contribution < -0.4 is 10.2 Å². The maximum Gasteiger partial charge on any atom is 0.202 e. The fraction of sp³-hybridized carbons (Fsp3) is 0.300. The van der Waals surface area contributed by atoms with Crippen LogP contribution in [0, 0.1) is 0 Å². The molecule has 0 bridgehead atoms. The quantitative estimate of drug-likeness (QED) is 0.692. The highest BCUT2D eigenvalue weighted by atomic mass is 35.5. The SMILES string of the molecule is S=C1N=C(Nc2ccccc2)C2(CCCCC2)N1c1ccc(Cl)cc1. The van der Waals surface area contributed by atoms with Crippen LogP contribution in [0.2, 0.25) is 5.02 Å². The Hall–Kier alpha value is -1.91. The Morgan fingerprint density at radius 1 is 0.960 bits per heavy atom. The Bertz CT molecular complexity index is 795. The van der Waals surface area contributed by atoms with E-state index < -0.39 is 0 Å². The minimum atomic E-state index is -0.182. The number of anilines is 2. The molecular formula is C20H20ClN3S. The van der Waals surface area contributed by atoms with Gasteiger partial charge in [-0.05, 0) is 61.5 Å². The van der Waals surface area contributed by atoms with Crippen LogP contribution in [0.4, 0.5) is 11.4 Å². The minimum absolute atomic E-state index is 0.182. The number of rotatable bonds is 2. The highest BCUT2D eigenvalue weighted by molar-refractivity contribution is 7.80. The van der Waals surface area contributed by atoms with Gasteiger partial charge >= 0.3 is 0 Å². The van der Waals surface area contributed by atoms with Crippen molar-refractivity contribution in [3.63, 3.8) is 0 Å². The number of benzene rings is 2. The molecule has 128 valence electrons. The predicted octanol–water partition coefficient (Wildman–Crippen LogP) is 5.66. The molecule has 3 nitrogen and oxygen atoms in total. The summed E-state index contributed by atoms with van der Waals surface area (Å²) in [6, 6.07) is 18.1. The molecule has 0 amide bonds. The van der Waals surface area contributed by atoms with Gasteiger partial charge in [-0.2, -0.15) is 0 Å². The molecule has 0 atom stereocenters. The molecule has 0 unspecified atom stereocenters. The molecule has 0 saturated heterocycles. The lowest BCUT2D eigenvalue weighted by Gasteiger charge is -2.42. The van der Waals surface area contributed by atoms with Crippen LogP contribution in [0.3, 0.4) is 0 Å². The van der Waals surface area contributed by atoms with E-state index in [1.54, 1.807) is 0 Å². The predicted molar refractivity (Wildman–Crippen MR) is 110 cm³/mol. The second-order valence-electron chi connectivity index (χ2n) is 6.64. The number of amidine groups is 1. The van der Waals surface area contributed by atoms with E-state index in [1.165, 1.54) is 19.3 Å². The lowest BCUT2D eigenvalue weighted by molar-refractivity contribution is 0.386. The number of thiocarbonyl (C=S) groups is 1. The van der Waals surface area contributed by atoms with E-state index in [-0.39, 0.29) is 5.54 Å². The third kappa shape index (κ3) is 3.05. The van der Waals surface area contributed by atoms with Crippen molar-refractivity contribution >= 4 is 46.1 Å². The van der Waals surface area contributed by atoms with Gasteiger partial charge in [0.25, 0.3) is 0 Å². The Balaban J connectivity index is 1.73. The monoisotopic (exact) mass is 369 g/mol. The number of hydrogen-bond acceptors (Lipinski definition) is 2. The summed E-state index contributed by atoms with van der Waals surface area (Å²) < 4.78 is 0. The van der Waals surface area contributed by atoms with Crippen LogP contribution in [0.15, 0.2) is 59.6 Å². The Morgan fingerprint density at radius 2 is 1.64 bits per heavy atom. The maximum absolute atomic E-state index is 6.08. The van der Waals surface area contributed by atoms with Crippen molar-refractivity contribution in [3.05, 3.63) is 59.6 Å². The molecule has 25 heavy (non-hydrogen) atoms. The first-order valence-electron chi connectivity index (χ1n) is 8.70. The van der Waals surface area contributed by atoms with Crippen molar-refractivity contribution in [1.29, 1.82) is 0 Å². The highest BCUT2D eigenvalue weighted by Gasteiger charge is 2.49. The number of nitrogens with one attached hydrogen (secondary N) is 1. The molecule has 4 rings (SSSR count). The molecule has 0 aromatic heterocycles. The molecule has 2 aromatic carbocycles. The first kappa shape index (κ1) is 16.6. The van der Waals surface area contributed by atoms with Crippen LogP contribution in [0.25, 0.3) is 0 Å². The molecule has 1 spiro atoms. The number of halogens is 1. The largest absolute Gasteiger partial charge is 0.342 e. The minimum Gasteiger partial charge on any atom is -0.342 e. The normalized spacial score (nSPS) is 19.2. The van der Waals surface area contributed by atoms with Gasteiger partial charge in [-0.25, -0.2) is 4.99 Å². The topological polar surface area (TPSA) is 27.6 Å². The third-order valence-corrected chi connectivity index (χ3v) is 5.60. The summed E-state index contributed by atoms with van der Waals surface area (Å²) in [6.07, 6.45) is 5.73. The van der Waals surface area contributed by atoms with Gasteiger partial charge in [-0.3, -0.25) is 0 Å². The highest BCUT2D eigenvalue weighted by Crippen LogP contribution is 2.42. The summed E-state index contributed by atoms with van der Waals surface area (Å²) in [6.45, 7) is 0. The van der Waals surface area contributed by atoms with Crippen molar-refractivity contribution in [2.45, 2.75) is 37.6 Å². The number of aliphatic imine (C=N–C) groups is 1. The van der Waals surface area contributed by atoms with Crippen LogP contribution in [-0.2, 0) is 0 Å². The van der Waals surface area contributed by atoms with Gasteiger partial charge < -0.3 is 10.2 Å². The average molecular weight is 370 g/mol. The first-order chi connectivity index (χ1) is 12.2. The van der Waals surface area contributed by atoms with E-state index >= 15 is 0 Å². The van der Waals surface area contributed by atoms with Crippen LogP contribution in [-0.4, -0.2) is 16.5 Å². The van der Waals surface area contributed by atoms with E-state index in [0.29, 0.717) is 5.11 Å². The Kier molecular flexibility index (Phi) is 4.48.